The number of anilines is 1. The minimum absolute atomic E-state index is 0.0892. The third-order valence-electron chi connectivity index (χ3n) is 3.58. The molecule has 0 spiro atoms. The highest BCUT2D eigenvalue weighted by atomic mass is 79.9. The number of thiazole rings is 1. The number of hydrogen-bond acceptors (Lipinski definition) is 5. The topological polar surface area (TPSA) is 60.5 Å². The van der Waals surface area contributed by atoms with Crippen molar-refractivity contribution in [1.29, 1.82) is 0 Å². The molecule has 5 nitrogen and oxygen atoms in total. The van der Waals surface area contributed by atoms with Crippen LogP contribution in [-0.4, -0.2) is 24.1 Å². The van der Waals surface area contributed by atoms with Crippen molar-refractivity contribution in [3.63, 3.8) is 0 Å². The number of nitrogens with one attached hydrogen (secondary N) is 1. The molecule has 7 heteroatoms. The number of halogens is 1. The molecular weight excluding hydrogens is 392 g/mol. The van der Waals surface area contributed by atoms with Crippen LogP contribution in [0, 0.1) is 0 Å². The molecule has 0 bridgehead atoms. The summed E-state index contributed by atoms with van der Waals surface area (Å²) in [5.74, 6) is 1.34. The first-order valence-electron chi connectivity index (χ1n) is 7.42. The van der Waals surface area contributed by atoms with E-state index in [4.69, 9.17) is 9.47 Å². The van der Waals surface area contributed by atoms with Gasteiger partial charge in [-0.1, -0.05) is 39.4 Å². The van der Waals surface area contributed by atoms with Crippen molar-refractivity contribution < 1.29 is 14.3 Å². The number of ether oxygens (including phenoxy) is 2. The highest BCUT2D eigenvalue weighted by molar-refractivity contribution is 9.10. The summed E-state index contributed by atoms with van der Waals surface area (Å²) in [6, 6.07) is 11.4. The van der Waals surface area contributed by atoms with Crippen LogP contribution in [0.2, 0.25) is 0 Å². The van der Waals surface area contributed by atoms with Gasteiger partial charge >= 0.3 is 0 Å². The number of nitrogens with zero attached hydrogens (tertiary/aromatic N) is 1. The molecule has 0 fully saturated rings. The smallest absolute Gasteiger partial charge is 0.230 e. The molecule has 1 N–H and O–H groups in total. The minimum atomic E-state index is -0.0892. The predicted octanol–water partition coefficient (Wildman–Crippen LogP) is 4.01. The third-order valence-corrected chi connectivity index (χ3v) is 5.04. The summed E-state index contributed by atoms with van der Waals surface area (Å²) < 4.78 is 13.1. The van der Waals surface area contributed by atoms with Gasteiger partial charge in [0, 0.05) is 16.6 Å². The fourth-order valence-electron chi connectivity index (χ4n) is 2.47. The van der Waals surface area contributed by atoms with E-state index in [-0.39, 0.29) is 5.91 Å². The molecule has 1 aliphatic rings. The Balaban J connectivity index is 1.51. The zero-order valence-corrected chi connectivity index (χ0v) is 14.9. The Bertz CT molecular complexity index is 865. The summed E-state index contributed by atoms with van der Waals surface area (Å²) >= 11 is 4.81. The maximum Gasteiger partial charge on any atom is 0.230 e. The van der Waals surface area contributed by atoms with Crippen LogP contribution in [0.5, 0.6) is 11.5 Å². The van der Waals surface area contributed by atoms with E-state index in [1.807, 2.05) is 36.4 Å². The second kappa shape index (κ2) is 6.41. The zero-order valence-electron chi connectivity index (χ0n) is 12.5. The number of rotatable bonds is 3. The molecule has 0 atom stereocenters. The van der Waals surface area contributed by atoms with Crippen LogP contribution in [0.3, 0.4) is 0 Å². The van der Waals surface area contributed by atoms with E-state index >= 15 is 0 Å². The number of aromatic nitrogens is 1. The quantitative estimate of drug-likeness (QED) is 0.716. The normalized spacial score (nSPS) is 13.0. The Morgan fingerprint density at radius 3 is 2.62 bits per heavy atom. The lowest BCUT2D eigenvalue weighted by Crippen LogP contribution is -2.15. The number of hydrogen-bond donors (Lipinski definition) is 1. The maximum atomic E-state index is 12.2. The molecule has 0 saturated heterocycles. The van der Waals surface area contributed by atoms with Crippen LogP contribution in [0.25, 0.3) is 10.2 Å². The van der Waals surface area contributed by atoms with E-state index < -0.39 is 0 Å². The average Bonchev–Trinajstić information content (AvgIpc) is 2.95. The summed E-state index contributed by atoms with van der Waals surface area (Å²) in [5.41, 5.74) is 1.75. The largest absolute Gasteiger partial charge is 0.486 e. The molecular formula is C17H13BrN2O3S. The first-order chi connectivity index (χ1) is 11.7. The predicted molar refractivity (Wildman–Crippen MR) is 97.1 cm³/mol. The fraction of sp³-hybridized carbons (Fsp3) is 0.176. The van der Waals surface area contributed by atoms with Crippen LogP contribution >= 0.6 is 27.3 Å². The van der Waals surface area contributed by atoms with E-state index in [9.17, 15) is 4.79 Å². The minimum Gasteiger partial charge on any atom is -0.486 e. The number of carbonyl (C=O) groups excluding carboxylic acids is 1. The van der Waals surface area contributed by atoms with Gasteiger partial charge in [-0.25, -0.2) is 4.98 Å². The molecule has 2 aromatic carbocycles. The summed E-state index contributed by atoms with van der Waals surface area (Å²) in [7, 11) is 0. The van der Waals surface area contributed by atoms with Crippen molar-refractivity contribution in [3.8, 4) is 11.5 Å². The van der Waals surface area contributed by atoms with Gasteiger partial charge in [0.25, 0.3) is 0 Å². The lowest BCUT2D eigenvalue weighted by molar-refractivity contribution is -0.115. The third kappa shape index (κ3) is 3.22. The fourth-order valence-corrected chi connectivity index (χ4v) is 3.63. The van der Waals surface area contributed by atoms with Crippen LogP contribution in [0.15, 0.2) is 40.9 Å². The van der Waals surface area contributed by atoms with Crippen molar-refractivity contribution in [2.45, 2.75) is 6.42 Å². The second-order valence-corrected chi connectivity index (χ2v) is 7.28. The van der Waals surface area contributed by atoms with Gasteiger partial charge in [0.15, 0.2) is 16.6 Å². The Morgan fingerprint density at radius 1 is 1.17 bits per heavy atom. The number of amides is 1. The molecule has 3 aromatic rings. The van der Waals surface area contributed by atoms with E-state index in [1.165, 1.54) is 11.3 Å². The summed E-state index contributed by atoms with van der Waals surface area (Å²) in [6.45, 7) is 1.09. The average molecular weight is 405 g/mol. The summed E-state index contributed by atoms with van der Waals surface area (Å²) in [4.78, 5) is 16.7. The highest BCUT2D eigenvalue weighted by Crippen LogP contribution is 2.37. The molecule has 24 heavy (non-hydrogen) atoms. The van der Waals surface area contributed by atoms with Gasteiger partial charge in [0.05, 0.1) is 16.6 Å². The lowest BCUT2D eigenvalue weighted by Gasteiger charge is -2.17. The van der Waals surface area contributed by atoms with Crippen molar-refractivity contribution in [2.75, 3.05) is 18.5 Å². The van der Waals surface area contributed by atoms with Crippen LogP contribution < -0.4 is 14.8 Å². The Labute approximate surface area is 150 Å². The number of fused-ring (bicyclic) bond motifs is 2. The molecule has 0 saturated carbocycles. The van der Waals surface area contributed by atoms with Crippen LogP contribution in [0.4, 0.5) is 5.13 Å². The molecule has 1 aromatic heterocycles. The van der Waals surface area contributed by atoms with Crippen molar-refractivity contribution in [1.82, 2.24) is 4.98 Å². The van der Waals surface area contributed by atoms with Crippen molar-refractivity contribution in [2.24, 2.45) is 0 Å². The Hall–Kier alpha value is -2.12. The maximum absolute atomic E-state index is 12.2. The first-order valence-corrected chi connectivity index (χ1v) is 9.03. The lowest BCUT2D eigenvalue weighted by atomic mass is 10.1. The number of benzene rings is 2. The Kier molecular flexibility index (Phi) is 4.12. The molecule has 0 unspecified atom stereocenters. The molecule has 0 radical (unpaired) electrons. The van der Waals surface area contributed by atoms with E-state index in [1.54, 1.807) is 0 Å². The van der Waals surface area contributed by atoms with Gasteiger partial charge in [0.1, 0.15) is 13.2 Å². The molecule has 0 aliphatic carbocycles. The summed E-state index contributed by atoms with van der Waals surface area (Å²) in [5, 5.41) is 3.44. The summed E-state index contributed by atoms with van der Waals surface area (Å²) in [6.07, 6.45) is 0.311. The first kappa shape index (κ1) is 15.4. The van der Waals surface area contributed by atoms with Gasteiger partial charge in [-0.05, 0) is 17.7 Å². The SMILES string of the molecule is O=C(Cc1ccc(Br)cc1)Nc1nc2cc3c(cc2s1)OCCO3. The van der Waals surface area contributed by atoms with Gasteiger partial charge in [-0.2, -0.15) is 0 Å². The van der Waals surface area contributed by atoms with Crippen LogP contribution in [0.1, 0.15) is 5.56 Å². The van der Waals surface area contributed by atoms with E-state index in [2.05, 4.69) is 26.2 Å². The van der Waals surface area contributed by atoms with E-state index in [0.717, 1.165) is 26.0 Å². The molecule has 1 aliphatic heterocycles. The van der Waals surface area contributed by atoms with Crippen molar-refractivity contribution >= 4 is 48.5 Å². The monoisotopic (exact) mass is 404 g/mol. The Morgan fingerprint density at radius 2 is 1.88 bits per heavy atom. The van der Waals surface area contributed by atoms with Gasteiger partial charge in [-0.15, -0.1) is 0 Å². The van der Waals surface area contributed by atoms with Gasteiger partial charge < -0.3 is 14.8 Å². The number of carbonyl (C=O) groups is 1. The van der Waals surface area contributed by atoms with Gasteiger partial charge in [-0.3, -0.25) is 4.79 Å². The van der Waals surface area contributed by atoms with Gasteiger partial charge in [0.2, 0.25) is 5.91 Å². The molecule has 4 rings (SSSR count). The van der Waals surface area contributed by atoms with Crippen LogP contribution in [-0.2, 0) is 11.2 Å². The van der Waals surface area contributed by atoms with Crippen molar-refractivity contribution in [3.05, 3.63) is 46.4 Å². The molecule has 1 amide bonds. The molecule has 2 heterocycles. The highest BCUT2D eigenvalue weighted by Gasteiger charge is 2.16. The molecule has 122 valence electrons. The zero-order chi connectivity index (χ0) is 16.5. The van der Waals surface area contributed by atoms with E-state index in [0.29, 0.717) is 30.5 Å². The second-order valence-electron chi connectivity index (χ2n) is 5.33. The standard InChI is InChI=1S/C17H13BrN2O3S/c18-11-3-1-10(2-4-11)7-16(21)20-17-19-12-8-13-14(9-15(12)24-17)23-6-5-22-13/h1-4,8-9H,5-7H2,(H,19,20,21).